The first kappa shape index (κ1) is 20.5. The van der Waals surface area contributed by atoms with Crippen LogP contribution >= 0.6 is 11.6 Å². The average Bonchev–Trinajstić information content (AvgIpc) is 3.36. The van der Waals surface area contributed by atoms with Gasteiger partial charge in [0.15, 0.2) is 11.6 Å². The lowest BCUT2D eigenvalue weighted by molar-refractivity contribution is 0.851. The maximum absolute atomic E-state index is 6.03. The molecule has 0 spiro atoms. The molecule has 1 aliphatic heterocycles. The second-order valence-electron chi connectivity index (χ2n) is 8.40. The Morgan fingerprint density at radius 1 is 1.06 bits per heavy atom. The number of nitrogens with one attached hydrogen (secondary N) is 1. The van der Waals surface area contributed by atoms with Gasteiger partial charge in [-0.05, 0) is 17.0 Å². The van der Waals surface area contributed by atoms with Gasteiger partial charge < -0.3 is 14.8 Å². The van der Waals surface area contributed by atoms with Crippen LogP contribution in [-0.4, -0.2) is 26.2 Å². The molecule has 32 heavy (non-hydrogen) atoms. The normalized spacial score (nSPS) is 12.8. The number of aryl methyl sites for hydroxylation is 1. The number of halogens is 1. The van der Waals surface area contributed by atoms with Gasteiger partial charge >= 0.3 is 0 Å². The number of hydrogen-bond donors (Lipinski definition) is 1. The molecule has 2 aromatic carbocycles. The second-order valence-corrected chi connectivity index (χ2v) is 8.79. The van der Waals surface area contributed by atoms with Crippen LogP contribution in [0, 0.1) is 0 Å². The summed E-state index contributed by atoms with van der Waals surface area (Å²) in [7, 11) is 1.95. The Bertz CT molecular complexity index is 1260. The van der Waals surface area contributed by atoms with E-state index in [9.17, 15) is 0 Å². The van der Waals surface area contributed by atoms with Crippen molar-refractivity contribution in [2.24, 2.45) is 7.05 Å². The Balaban J connectivity index is 1.40. The molecule has 7 heteroatoms. The van der Waals surface area contributed by atoms with E-state index < -0.39 is 0 Å². The predicted molar refractivity (Wildman–Crippen MR) is 130 cm³/mol. The van der Waals surface area contributed by atoms with Crippen molar-refractivity contribution in [1.82, 2.24) is 19.5 Å². The smallest absolute Gasteiger partial charge is 0.161 e. The minimum atomic E-state index is 0.407. The van der Waals surface area contributed by atoms with Gasteiger partial charge in [0, 0.05) is 30.9 Å². The largest absolute Gasteiger partial charge is 0.363 e. The van der Waals surface area contributed by atoms with Crippen LogP contribution in [-0.2, 0) is 13.6 Å². The average molecular weight is 445 g/mol. The molecule has 0 bridgehead atoms. The third kappa shape index (κ3) is 3.82. The van der Waals surface area contributed by atoms with E-state index in [4.69, 9.17) is 16.6 Å². The van der Waals surface area contributed by atoms with Gasteiger partial charge in [-0.3, -0.25) is 0 Å². The molecular weight excluding hydrogens is 420 g/mol. The number of hydrogen-bond acceptors (Lipinski definition) is 5. The highest BCUT2D eigenvalue weighted by Crippen LogP contribution is 2.34. The van der Waals surface area contributed by atoms with Crippen molar-refractivity contribution in [1.29, 1.82) is 0 Å². The molecule has 5 rings (SSSR count). The van der Waals surface area contributed by atoms with Gasteiger partial charge in [0.25, 0.3) is 0 Å². The Morgan fingerprint density at radius 3 is 2.56 bits per heavy atom. The van der Waals surface area contributed by atoms with Crippen molar-refractivity contribution in [2.75, 3.05) is 16.9 Å². The van der Waals surface area contributed by atoms with Crippen molar-refractivity contribution in [2.45, 2.75) is 26.3 Å². The van der Waals surface area contributed by atoms with Crippen LogP contribution in [0.1, 0.15) is 30.9 Å². The van der Waals surface area contributed by atoms with Gasteiger partial charge in [0.2, 0.25) is 0 Å². The van der Waals surface area contributed by atoms with Crippen LogP contribution in [0.15, 0.2) is 60.9 Å². The third-order valence-electron chi connectivity index (χ3n) is 5.78. The Kier molecular flexibility index (Phi) is 5.31. The van der Waals surface area contributed by atoms with Crippen molar-refractivity contribution >= 4 is 23.1 Å². The molecule has 0 unspecified atom stereocenters. The number of aromatic nitrogens is 4. The fourth-order valence-corrected chi connectivity index (χ4v) is 4.36. The standard InChI is InChI=1S/C25H25ClN6/c1-16(2)19-6-4-5-7-20(19)23-27-12-21-25(30-23)32(15-28-21)13-17-8-10-18(11-9-17)24-29-22(26)14-31(24)3/h4-12,14,16,28H,13,15H2,1-3H3. The molecule has 3 heterocycles. The molecular formula is C25H25ClN6. The molecule has 0 amide bonds. The molecule has 0 radical (unpaired) electrons. The predicted octanol–water partition coefficient (Wildman–Crippen LogP) is 5.71. The zero-order valence-electron chi connectivity index (χ0n) is 18.4. The molecule has 6 nitrogen and oxygen atoms in total. The minimum absolute atomic E-state index is 0.407. The summed E-state index contributed by atoms with van der Waals surface area (Å²) in [5.41, 5.74) is 5.56. The molecule has 0 atom stereocenters. The van der Waals surface area contributed by atoms with E-state index in [2.05, 4.69) is 76.5 Å². The van der Waals surface area contributed by atoms with E-state index in [0.717, 1.165) is 40.8 Å². The van der Waals surface area contributed by atoms with Crippen LogP contribution in [0.4, 0.5) is 11.5 Å². The molecule has 4 aromatic rings. The van der Waals surface area contributed by atoms with Crippen molar-refractivity contribution in [3.63, 3.8) is 0 Å². The summed E-state index contributed by atoms with van der Waals surface area (Å²) in [4.78, 5) is 16.2. The molecule has 1 aliphatic rings. The second kappa shape index (κ2) is 8.28. The highest BCUT2D eigenvalue weighted by Gasteiger charge is 2.23. The van der Waals surface area contributed by atoms with Crippen LogP contribution in [0.5, 0.6) is 0 Å². The molecule has 0 saturated carbocycles. The summed E-state index contributed by atoms with van der Waals surface area (Å²) in [5.74, 6) is 2.97. The molecule has 0 saturated heterocycles. The summed E-state index contributed by atoms with van der Waals surface area (Å²) in [6.45, 7) is 5.85. The fourth-order valence-electron chi connectivity index (χ4n) is 4.14. The fraction of sp³-hybridized carbons (Fsp3) is 0.240. The maximum Gasteiger partial charge on any atom is 0.161 e. The van der Waals surface area contributed by atoms with E-state index in [1.165, 1.54) is 11.1 Å². The molecule has 0 aliphatic carbocycles. The van der Waals surface area contributed by atoms with E-state index in [1.807, 2.05) is 30.1 Å². The van der Waals surface area contributed by atoms with Gasteiger partial charge in [-0.15, -0.1) is 0 Å². The SMILES string of the molecule is CC(C)c1ccccc1-c1ncc2c(n1)N(Cc1ccc(-c3nc(Cl)cn3C)cc1)CN2. The maximum atomic E-state index is 6.03. The van der Waals surface area contributed by atoms with Gasteiger partial charge in [-0.25, -0.2) is 15.0 Å². The third-order valence-corrected chi connectivity index (χ3v) is 5.97. The Hall–Kier alpha value is -3.38. The number of benzene rings is 2. The Morgan fingerprint density at radius 2 is 1.84 bits per heavy atom. The van der Waals surface area contributed by atoms with Crippen LogP contribution in [0.25, 0.3) is 22.8 Å². The van der Waals surface area contributed by atoms with E-state index in [1.54, 1.807) is 0 Å². The van der Waals surface area contributed by atoms with Gasteiger partial charge in [-0.2, -0.15) is 0 Å². The van der Waals surface area contributed by atoms with Crippen LogP contribution < -0.4 is 10.2 Å². The number of fused-ring (bicyclic) bond motifs is 1. The lowest BCUT2D eigenvalue weighted by Gasteiger charge is -2.18. The number of anilines is 2. The molecule has 2 aromatic heterocycles. The van der Waals surface area contributed by atoms with Crippen molar-refractivity contribution in [3.05, 3.63) is 77.2 Å². The number of rotatable bonds is 5. The van der Waals surface area contributed by atoms with Gasteiger partial charge in [0.1, 0.15) is 11.0 Å². The lowest BCUT2D eigenvalue weighted by atomic mass is 9.97. The van der Waals surface area contributed by atoms with Crippen LogP contribution in [0.3, 0.4) is 0 Å². The highest BCUT2D eigenvalue weighted by atomic mass is 35.5. The Labute approximate surface area is 192 Å². The van der Waals surface area contributed by atoms with E-state index in [-0.39, 0.29) is 0 Å². The molecule has 1 N–H and O–H groups in total. The minimum Gasteiger partial charge on any atom is -0.363 e. The number of nitrogens with zero attached hydrogens (tertiary/aromatic N) is 5. The first-order valence-electron chi connectivity index (χ1n) is 10.7. The summed E-state index contributed by atoms with van der Waals surface area (Å²) in [6.07, 6.45) is 3.70. The molecule has 162 valence electrons. The van der Waals surface area contributed by atoms with Gasteiger partial charge in [-0.1, -0.05) is 74.0 Å². The summed E-state index contributed by atoms with van der Waals surface area (Å²) >= 11 is 6.03. The zero-order chi connectivity index (χ0) is 22.2. The topological polar surface area (TPSA) is 58.9 Å². The lowest BCUT2D eigenvalue weighted by Crippen LogP contribution is -2.22. The van der Waals surface area contributed by atoms with Crippen molar-refractivity contribution in [3.8, 4) is 22.8 Å². The highest BCUT2D eigenvalue weighted by molar-refractivity contribution is 6.29. The summed E-state index contributed by atoms with van der Waals surface area (Å²) < 4.78 is 1.94. The summed E-state index contributed by atoms with van der Waals surface area (Å²) in [5, 5.41) is 3.91. The van der Waals surface area contributed by atoms with Crippen molar-refractivity contribution < 1.29 is 0 Å². The van der Waals surface area contributed by atoms with E-state index in [0.29, 0.717) is 17.7 Å². The quantitative estimate of drug-likeness (QED) is 0.427. The summed E-state index contributed by atoms with van der Waals surface area (Å²) in [6, 6.07) is 16.8. The van der Waals surface area contributed by atoms with Crippen LogP contribution in [0.2, 0.25) is 5.15 Å². The van der Waals surface area contributed by atoms with Gasteiger partial charge in [0.05, 0.1) is 18.6 Å². The zero-order valence-corrected chi connectivity index (χ0v) is 19.1. The number of imidazole rings is 1. The monoisotopic (exact) mass is 444 g/mol. The first-order chi connectivity index (χ1) is 15.5. The molecule has 0 fully saturated rings. The van der Waals surface area contributed by atoms with E-state index >= 15 is 0 Å². The first-order valence-corrected chi connectivity index (χ1v) is 11.1.